The smallest absolute Gasteiger partial charge is 0.226 e. The van der Waals surface area contributed by atoms with Gasteiger partial charge in [0, 0.05) is 29.0 Å². The standard InChI is InChI=1S/C19H19N3OS/c1-15-13-20-22(14-15)12-11-19(23)21-17-9-5-6-10-18(17)24-16-7-3-2-4-8-16/h2-10,13-14H,11-12H2,1H3,(H,21,23). The molecule has 0 saturated carbocycles. The predicted molar refractivity (Wildman–Crippen MR) is 97.2 cm³/mol. The predicted octanol–water partition coefficient (Wildman–Crippen LogP) is 4.37. The Kier molecular flexibility index (Phi) is 5.33. The molecule has 1 aromatic heterocycles. The van der Waals surface area contributed by atoms with Crippen LogP contribution in [0.15, 0.2) is 76.8 Å². The Morgan fingerprint density at radius 3 is 2.62 bits per heavy atom. The molecule has 5 heteroatoms. The minimum atomic E-state index is -0.00994. The molecule has 0 saturated heterocycles. The molecule has 1 amide bonds. The average Bonchev–Trinajstić information content (AvgIpc) is 3.01. The van der Waals surface area contributed by atoms with E-state index in [4.69, 9.17) is 0 Å². The molecule has 0 aliphatic heterocycles. The molecule has 0 aliphatic carbocycles. The summed E-state index contributed by atoms with van der Waals surface area (Å²) in [6.07, 6.45) is 4.13. The summed E-state index contributed by atoms with van der Waals surface area (Å²) < 4.78 is 1.79. The number of carbonyl (C=O) groups is 1. The Balaban J connectivity index is 1.63. The second-order valence-electron chi connectivity index (χ2n) is 5.49. The van der Waals surface area contributed by atoms with Crippen molar-refractivity contribution in [2.45, 2.75) is 29.7 Å². The van der Waals surface area contributed by atoms with Gasteiger partial charge in [0.05, 0.1) is 11.9 Å². The molecule has 3 rings (SSSR count). The molecule has 3 aromatic rings. The van der Waals surface area contributed by atoms with Gasteiger partial charge in [-0.05, 0) is 36.8 Å². The summed E-state index contributed by atoms with van der Waals surface area (Å²) >= 11 is 1.64. The van der Waals surface area contributed by atoms with Crippen molar-refractivity contribution in [2.75, 3.05) is 5.32 Å². The molecular weight excluding hydrogens is 318 g/mol. The average molecular weight is 337 g/mol. The van der Waals surface area contributed by atoms with Gasteiger partial charge in [0.1, 0.15) is 0 Å². The summed E-state index contributed by atoms with van der Waals surface area (Å²) in [5.74, 6) is -0.00994. The van der Waals surface area contributed by atoms with Gasteiger partial charge in [0.2, 0.25) is 5.91 Å². The highest BCUT2D eigenvalue weighted by Gasteiger charge is 2.08. The largest absolute Gasteiger partial charge is 0.325 e. The highest BCUT2D eigenvalue weighted by molar-refractivity contribution is 7.99. The highest BCUT2D eigenvalue weighted by Crippen LogP contribution is 2.33. The maximum absolute atomic E-state index is 12.2. The Bertz CT molecular complexity index is 814. The third-order valence-corrected chi connectivity index (χ3v) is 4.55. The summed E-state index contributed by atoms with van der Waals surface area (Å²) in [5.41, 5.74) is 1.94. The van der Waals surface area contributed by atoms with Gasteiger partial charge >= 0.3 is 0 Å². The van der Waals surface area contributed by atoms with Gasteiger partial charge in [-0.15, -0.1) is 0 Å². The second kappa shape index (κ2) is 7.84. The molecule has 24 heavy (non-hydrogen) atoms. The lowest BCUT2D eigenvalue weighted by Gasteiger charge is -2.11. The van der Waals surface area contributed by atoms with E-state index in [-0.39, 0.29) is 5.91 Å². The van der Waals surface area contributed by atoms with Crippen LogP contribution in [0.2, 0.25) is 0 Å². The maximum atomic E-state index is 12.2. The third-order valence-electron chi connectivity index (χ3n) is 3.46. The number of para-hydroxylation sites is 1. The first-order valence-corrected chi connectivity index (χ1v) is 8.63. The van der Waals surface area contributed by atoms with Gasteiger partial charge in [0.25, 0.3) is 0 Å². The number of hydrogen-bond donors (Lipinski definition) is 1. The van der Waals surface area contributed by atoms with Crippen LogP contribution in [0.1, 0.15) is 12.0 Å². The van der Waals surface area contributed by atoms with Crippen LogP contribution in [0.4, 0.5) is 5.69 Å². The topological polar surface area (TPSA) is 46.9 Å². The minimum absolute atomic E-state index is 0.00994. The molecule has 122 valence electrons. The number of benzene rings is 2. The zero-order valence-corrected chi connectivity index (χ0v) is 14.3. The first-order valence-electron chi connectivity index (χ1n) is 7.81. The number of amides is 1. The van der Waals surface area contributed by atoms with Crippen molar-refractivity contribution in [1.29, 1.82) is 0 Å². The van der Waals surface area contributed by atoms with E-state index >= 15 is 0 Å². The van der Waals surface area contributed by atoms with Crippen LogP contribution in [0.25, 0.3) is 0 Å². The monoisotopic (exact) mass is 337 g/mol. The van der Waals surface area contributed by atoms with Crippen molar-refractivity contribution in [1.82, 2.24) is 9.78 Å². The van der Waals surface area contributed by atoms with Crippen molar-refractivity contribution in [3.8, 4) is 0 Å². The van der Waals surface area contributed by atoms with Crippen LogP contribution >= 0.6 is 11.8 Å². The van der Waals surface area contributed by atoms with E-state index < -0.39 is 0 Å². The van der Waals surface area contributed by atoms with E-state index in [0.29, 0.717) is 13.0 Å². The molecule has 0 bridgehead atoms. The quantitative estimate of drug-likeness (QED) is 0.726. The van der Waals surface area contributed by atoms with Crippen LogP contribution in [0, 0.1) is 6.92 Å². The molecule has 0 unspecified atom stereocenters. The van der Waals surface area contributed by atoms with Gasteiger partial charge in [-0.1, -0.05) is 42.1 Å². The lowest BCUT2D eigenvalue weighted by molar-refractivity contribution is -0.116. The van der Waals surface area contributed by atoms with E-state index in [9.17, 15) is 4.79 Å². The van der Waals surface area contributed by atoms with Crippen molar-refractivity contribution >= 4 is 23.4 Å². The number of aryl methyl sites for hydroxylation is 2. The fourth-order valence-corrected chi connectivity index (χ4v) is 3.22. The summed E-state index contributed by atoms with van der Waals surface area (Å²) in [6.45, 7) is 2.56. The number of hydrogen-bond acceptors (Lipinski definition) is 3. The van der Waals surface area contributed by atoms with E-state index in [2.05, 4.69) is 22.5 Å². The van der Waals surface area contributed by atoms with Gasteiger partial charge in [-0.3, -0.25) is 9.48 Å². The molecule has 0 fully saturated rings. The fourth-order valence-electron chi connectivity index (χ4n) is 2.29. The number of rotatable bonds is 6. The van der Waals surface area contributed by atoms with Crippen LogP contribution < -0.4 is 5.32 Å². The maximum Gasteiger partial charge on any atom is 0.226 e. The lowest BCUT2D eigenvalue weighted by atomic mass is 10.3. The van der Waals surface area contributed by atoms with Gasteiger partial charge in [-0.25, -0.2) is 0 Å². The van der Waals surface area contributed by atoms with Gasteiger partial charge < -0.3 is 5.32 Å². The SMILES string of the molecule is Cc1cnn(CCC(=O)Nc2ccccc2Sc2ccccc2)c1. The van der Waals surface area contributed by atoms with Gasteiger partial charge in [0.15, 0.2) is 0 Å². The Hall–Kier alpha value is -2.53. The molecular formula is C19H19N3OS. The molecule has 4 nitrogen and oxygen atoms in total. The first kappa shape index (κ1) is 16.3. The minimum Gasteiger partial charge on any atom is -0.325 e. The van der Waals surface area contributed by atoms with Gasteiger partial charge in [-0.2, -0.15) is 5.10 Å². The highest BCUT2D eigenvalue weighted by atomic mass is 32.2. The Labute approximate surface area is 145 Å². The summed E-state index contributed by atoms with van der Waals surface area (Å²) in [6, 6.07) is 18.0. The van der Waals surface area contributed by atoms with Crippen molar-refractivity contribution in [2.24, 2.45) is 0 Å². The van der Waals surface area contributed by atoms with E-state index in [1.54, 1.807) is 22.6 Å². The third kappa shape index (κ3) is 4.49. The van der Waals surface area contributed by atoms with Crippen molar-refractivity contribution in [3.63, 3.8) is 0 Å². The molecule has 1 N–H and O–H groups in total. The molecule has 1 heterocycles. The lowest BCUT2D eigenvalue weighted by Crippen LogP contribution is -2.15. The number of anilines is 1. The first-order chi connectivity index (χ1) is 11.7. The zero-order chi connectivity index (χ0) is 16.8. The van der Waals surface area contributed by atoms with E-state index in [1.165, 1.54) is 0 Å². The fraction of sp³-hybridized carbons (Fsp3) is 0.158. The van der Waals surface area contributed by atoms with Crippen LogP contribution in [-0.2, 0) is 11.3 Å². The normalized spacial score (nSPS) is 10.5. The molecule has 0 atom stereocenters. The Morgan fingerprint density at radius 1 is 1.12 bits per heavy atom. The molecule has 2 aromatic carbocycles. The van der Waals surface area contributed by atoms with Crippen LogP contribution in [0.3, 0.4) is 0 Å². The number of nitrogens with zero attached hydrogens (tertiary/aromatic N) is 2. The van der Waals surface area contributed by atoms with Crippen LogP contribution in [0.5, 0.6) is 0 Å². The molecule has 0 radical (unpaired) electrons. The summed E-state index contributed by atoms with van der Waals surface area (Å²) in [4.78, 5) is 14.4. The van der Waals surface area contributed by atoms with E-state index in [0.717, 1.165) is 21.0 Å². The Morgan fingerprint density at radius 2 is 1.88 bits per heavy atom. The number of nitrogens with one attached hydrogen (secondary N) is 1. The van der Waals surface area contributed by atoms with Crippen LogP contribution in [-0.4, -0.2) is 15.7 Å². The summed E-state index contributed by atoms with van der Waals surface area (Å²) in [5, 5.41) is 7.21. The summed E-state index contributed by atoms with van der Waals surface area (Å²) in [7, 11) is 0. The number of carbonyl (C=O) groups excluding carboxylic acids is 1. The molecule has 0 aliphatic rings. The molecule has 0 spiro atoms. The van der Waals surface area contributed by atoms with E-state index in [1.807, 2.05) is 55.6 Å². The second-order valence-corrected chi connectivity index (χ2v) is 6.61. The van der Waals surface area contributed by atoms with Crippen molar-refractivity contribution in [3.05, 3.63) is 72.6 Å². The van der Waals surface area contributed by atoms with Crippen molar-refractivity contribution < 1.29 is 4.79 Å². The zero-order valence-electron chi connectivity index (χ0n) is 13.5. The number of aromatic nitrogens is 2.